The molecule has 5 atom stereocenters. The molecular formula is C83H134O17P2. The molecule has 3 N–H and O–H groups in total. The van der Waals surface area contributed by atoms with E-state index in [1.165, 1.54) is 51.4 Å². The van der Waals surface area contributed by atoms with E-state index in [0.717, 1.165) is 135 Å². The number of phosphoric acid groups is 2. The fourth-order valence-electron chi connectivity index (χ4n) is 9.51. The van der Waals surface area contributed by atoms with Crippen molar-refractivity contribution < 1.29 is 80.2 Å². The minimum Gasteiger partial charge on any atom is -0.462 e. The number of carbonyl (C=O) groups is 4. The van der Waals surface area contributed by atoms with Gasteiger partial charge >= 0.3 is 39.5 Å². The van der Waals surface area contributed by atoms with Gasteiger partial charge in [-0.3, -0.25) is 37.3 Å². The molecule has 0 heterocycles. The van der Waals surface area contributed by atoms with E-state index in [1.54, 1.807) is 12.2 Å². The number of aliphatic hydroxyl groups excluding tert-OH is 1. The summed E-state index contributed by atoms with van der Waals surface area (Å²) in [6.45, 7) is 4.29. The summed E-state index contributed by atoms with van der Waals surface area (Å²) in [7, 11) is -10.0. The maximum Gasteiger partial charge on any atom is 0.472 e. The predicted octanol–water partition coefficient (Wildman–Crippen LogP) is 22.2. The Kier molecular flexibility index (Phi) is 69.7. The molecule has 0 aliphatic carbocycles. The van der Waals surface area contributed by atoms with Gasteiger partial charge in [0.25, 0.3) is 0 Å². The molecule has 0 rings (SSSR count). The molecule has 0 radical (unpaired) electrons. The summed E-state index contributed by atoms with van der Waals surface area (Å²) in [6.07, 6.45) is 86.8. The van der Waals surface area contributed by atoms with Gasteiger partial charge in [-0.1, -0.05) is 294 Å². The van der Waals surface area contributed by atoms with Crippen LogP contribution in [0, 0.1) is 0 Å². The van der Waals surface area contributed by atoms with E-state index in [4.69, 9.17) is 37.0 Å². The summed E-state index contributed by atoms with van der Waals surface area (Å²) in [5.41, 5.74) is 0. The molecule has 0 aliphatic rings. The summed E-state index contributed by atoms with van der Waals surface area (Å²) < 4.78 is 68.3. The van der Waals surface area contributed by atoms with Crippen molar-refractivity contribution in [1.29, 1.82) is 0 Å². The Bertz CT molecular complexity index is 2600. The van der Waals surface area contributed by atoms with Gasteiger partial charge in [-0.2, -0.15) is 0 Å². The van der Waals surface area contributed by atoms with Crippen molar-refractivity contribution in [3.8, 4) is 0 Å². The highest BCUT2D eigenvalue weighted by molar-refractivity contribution is 7.47. The summed E-state index contributed by atoms with van der Waals surface area (Å²) >= 11 is 0. The second-order valence-corrected chi connectivity index (χ2v) is 27.7. The molecule has 0 saturated carbocycles. The Labute approximate surface area is 616 Å². The Balaban J connectivity index is 5.50. The summed E-state index contributed by atoms with van der Waals surface area (Å²) in [5.74, 6) is -2.45. The first kappa shape index (κ1) is 96.4. The normalized spacial score (nSPS) is 14.9. The van der Waals surface area contributed by atoms with Crippen LogP contribution in [-0.4, -0.2) is 96.7 Å². The van der Waals surface area contributed by atoms with Crippen LogP contribution in [0.4, 0.5) is 0 Å². The third kappa shape index (κ3) is 72.8. The Morgan fingerprint density at radius 2 is 0.569 bits per heavy atom. The number of aliphatic hydroxyl groups is 1. The Morgan fingerprint density at radius 1 is 0.294 bits per heavy atom. The monoisotopic (exact) mass is 1460 g/mol. The maximum atomic E-state index is 13.1. The summed E-state index contributed by atoms with van der Waals surface area (Å²) in [5, 5.41) is 10.6. The van der Waals surface area contributed by atoms with E-state index in [1.807, 2.05) is 30.4 Å². The van der Waals surface area contributed by atoms with Crippen LogP contribution in [0.5, 0.6) is 0 Å². The topological polar surface area (TPSA) is 237 Å². The van der Waals surface area contributed by atoms with Crippen LogP contribution < -0.4 is 0 Å². The fraction of sp³-hybridized carbons (Fsp3) is 0.614. The van der Waals surface area contributed by atoms with Crippen molar-refractivity contribution in [3.05, 3.63) is 170 Å². The lowest BCUT2D eigenvalue weighted by atomic mass is 10.0. The number of allylic oxidation sites excluding steroid dienone is 27. The van der Waals surface area contributed by atoms with Crippen LogP contribution in [0.1, 0.15) is 272 Å². The summed E-state index contributed by atoms with van der Waals surface area (Å²) in [6, 6.07) is 0. The lowest BCUT2D eigenvalue weighted by molar-refractivity contribution is -0.161. The molecule has 0 aromatic rings. The first-order valence-corrected chi connectivity index (χ1v) is 41.4. The molecule has 5 unspecified atom stereocenters. The third-order valence-corrected chi connectivity index (χ3v) is 17.1. The number of phosphoric ester groups is 2. The smallest absolute Gasteiger partial charge is 0.462 e. The van der Waals surface area contributed by atoms with Crippen molar-refractivity contribution >= 4 is 39.5 Å². The number of ether oxygens (including phenoxy) is 4. The van der Waals surface area contributed by atoms with Crippen molar-refractivity contribution in [3.63, 3.8) is 0 Å². The van der Waals surface area contributed by atoms with Gasteiger partial charge in [-0.15, -0.1) is 0 Å². The molecule has 102 heavy (non-hydrogen) atoms. The van der Waals surface area contributed by atoms with Crippen molar-refractivity contribution in [2.45, 2.75) is 290 Å². The lowest BCUT2D eigenvalue weighted by Gasteiger charge is -2.21. The number of rotatable bonds is 70. The SMILES string of the molecule is CC/C=C\C/C=C\C/C=C\C/C=C\C/C=C\C/C=C\CCC(=O)OCC(COP(=O)(O)OCC(O)COP(=O)(O)OCC(COC(=O)CCCCCCC/C=C\C/C=C\C/C=C\CC)OC(=O)CCCCCCCCCCCCCCC)OC(=O)C/C=C\C/C=C\C/C=C\C/C=C\C/C=C\CC. The number of carbonyl (C=O) groups excluding carboxylic acids is 4. The third-order valence-electron chi connectivity index (χ3n) is 15.2. The van der Waals surface area contributed by atoms with E-state index in [0.29, 0.717) is 32.1 Å². The molecule has 0 bridgehead atoms. The average Bonchev–Trinajstić information content (AvgIpc) is 0.924. The van der Waals surface area contributed by atoms with Crippen LogP contribution in [0.15, 0.2) is 170 Å². The molecular weight excluding hydrogens is 1330 g/mol. The van der Waals surface area contributed by atoms with E-state index < -0.39 is 97.5 Å². The van der Waals surface area contributed by atoms with Gasteiger partial charge < -0.3 is 33.8 Å². The highest BCUT2D eigenvalue weighted by Gasteiger charge is 2.30. The molecule has 0 fully saturated rings. The number of hydrogen-bond acceptors (Lipinski definition) is 15. The van der Waals surface area contributed by atoms with Gasteiger partial charge in [0.05, 0.1) is 32.8 Å². The quantitative estimate of drug-likeness (QED) is 0.0169. The number of unbranched alkanes of at least 4 members (excludes halogenated alkanes) is 17. The van der Waals surface area contributed by atoms with Gasteiger partial charge in [0.1, 0.15) is 19.3 Å². The summed E-state index contributed by atoms with van der Waals surface area (Å²) in [4.78, 5) is 72.8. The molecule has 0 spiro atoms. The molecule has 19 heteroatoms. The minimum absolute atomic E-state index is 0.0106. The van der Waals surface area contributed by atoms with Crippen LogP contribution in [-0.2, 0) is 65.4 Å². The van der Waals surface area contributed by atoms with Crippen LogP contribution >= 0.6 is 15.6 Å². The van der Waals surface area contributed by atoms with Gasteiger partial charge in [-0.25, -0.2) is 9.13 Å². The Hall–Kier alpha value is -5.58. The minimum atomic E-state index is -5.02. The van der Waals surface area contributed by atoms with Crippen molar-refractivity contribution in [2.24, 2.45) is 0 Å². The predicted molar refractivity (Wildman–Crippen MR) is 417 cm³/mol. The standard InChI is InChI=1S/C83H134O17P2/c1-5-9-13-17-21-25-29-33-36-37-38-39-42-45-48-52-56-60-64-68-81(86)94-74-79(100-83(88)70-66-62-58-54-50-46-41-35-31-27-23-19-15-11-7-3)76-98-102(91,92)96-72-77(84)71-95-101(89,90)97-75-78(99-82(87)69-65-61-57-53-49-43-32-28-24-20-16-12-8-4)73-93-80(85)67-63-59-55-51-47-44-40-34-30-26-22-18-14-10-6-2/h9-11,13-15,21-23,25-27,33-36,38-41,45,48,50,54,56,60,62,66,77-79,84H,5-8,12,16-20,24,28-32,37,42-44,46-47,49,51-53,55,57-59,61,63-65,67-76H2,1-4H3,(H,89,90)(H,91,92)/b13-9-,14-10-,15-11-,25-21-,26-22-,27-23-,36-33-,39-38-,40-34-,41-35-,48-45-,54-50-,60-56-,66-62-. The Morgan fingerprint density at radius 3 is 0.931 bits per heavy atom. The van der Waals surface area contributed by atoms with Gasteiger partial charge in [0, 0.05) is 19.3 Å². The van der Waals surface area contributed by atoms with Crippen molar-refractivity contribution in [1.82, 2.24) is 0 Å². The molecule has 0 aromatic carbocycles. The zero-order valence-electron chi connectivity index (χ0n) is 63.0. The van der Waals surface area contributed by atoms with Gasteiger partial charge in [0.15, 0.2) is 12.2 Å². The molecule has 0 saturated heterocycles. The maximum absolute atomic E-state index is 13.1. The molecule has 0 amide bonds. The van der Waals surface area contributed by atoms with E-state index in [2.05, 4.69) is 155 Å². The first-order valence-electron chi connectivity index (χ1n) is 38.4. The second kappa shape index (κ2) is 73.7. The average molecular weight is 1470 g/mol. The molecule has 578 valence electrons. The molecule has 0 aromatic heterocycles. The van der Waals surface area contributed by atoms with E-state index in [9.17, 15) is 43.2 Å². The molecule has 0 aliphatic heterocycles. The van der Waals surface area contributed by atoms with E-state index >= 15 is 0 Å². The first-order chi connectivity index (χ1) is 49.7. The largest absolute Gasteiger partial charge is 0.472 e. The number of hydrogen-bond donors (Lipinski definition) is 3. The van der Waals surface area contributed by atoms with E-state index in [-0.39, 0.29) is 25.7 Å². The van der Waals surface area contributed by atoms with Crippen LogP contribution in [0.2, 0.25) is 0 Å². The molecule has 17 nitrogen and oxygen atoms in total. The zero-order valence-corrected chi connectivity index (χ0v) is 64.8. The lowest BCUT2D eigenvalue weighted by Crippen LogP contribution is -2.30. The van der Waals surface area contributed by atoms with Gasteiger partial charge in [0.2, 0.25) is 0 Å². The van der Waals surface area contributed by atoms with Crippen LogP contribution in [0.3, 0.4) is 0 Å². The zero-order chi connectivity index (χ0) is 74.6. The van der Waals surface area contributed by atoms with Crippen molar-refractivity contribution in [2.75, 3.05) is 39.6 Å². The van der Waals surface area contributed by atoms with Crippen LogP contribution in [0.25, 0.3) is 0 Å². The van der Waals surface area contributed by atoms with Gasteiger partial charge in [-0.05, 0) is 122 Å². The highest BCUT2D eigenvalue weighted by atomic mass is 31.2. The second-order valence-electron chi connectivity index (χ2n) is 24.8. The highest BCUT2D eigenvalue weighted by Crippen LogP contribution is 2.45. The number of esters is 4. The fourth-order valence-corrected chi connectivity index (χ4v) is 11.1.